The van der Waals surface area contributed by atoms with Crippen molar-refractivity contribution in [3.63, 3.8) is 0 Å². The summed E-state index contributed by atoms with van der Waals surface area (Å²) in [7, 11) is 3.10. The number of nitrogens with zero attached hydrogens (tertiary/aromatic N) is 4. The Morgan fingerprint density at radius 2 is 1.75 bits per heavy atom. The summed E-state index contributed by atoms with van der Waals surface area (Å²) in [5.41, 5.74) is 6.71. The van der Waals surface area contributed by atoms with Crippen LogP contribution >= 0.6 is 0 Å². The summed E-state index contributed by atoms with van der Waals surface area (Å²) in [6.45, 7) is 1.80. The topological polar surface area (TPSA) is 117 Å². The number of hydrogen-bond donors (Lipinski definition) is 1. The minimum absolute atomic E-state index is 0.339. The molecule has 1 aromatic carbocycles. The monoisotopic (exact) mass is 352 g/mol. The first kappa shape index (κ1) is 16.7. The third-order valence-electron chi connectivity index (χ3n) is 3.95. The lowest BCUT2D eigenvalue weighted by Crippen LogP contribution is -2.47. The second-order valence-corrected chi connectivity index (χ2v) is 6.22. The van der Waals surface area contributed by atoms with Gasteiger partial charge in [-0.2, -0.15) is 4.98 Å². The predicted molar refractivity (Wildman–Crippen MR) is 89.8 cm³/mol. The first-order valence-electron chi connectivity index (χ1n) is 7.32. The van der Waals surface area contributed by atoms with Crippen LogP contribution in [0.3, 0.4) is 0 Å². The Bertz CT molecular complexity index is 779. The standard InChI is InChI=1S/C14H19N5O4S/c1-22-11-7-9-10(8-12(11)23-2)16-14(17-13(9)15)18-3-5-19(6-4-18)24(20)21/h7-8H,3-6H2,1-2H3,(H,20,21)(H2,15,16,17)/p-1. The second kappa shape index (κ2) is 6.75. The van der Waals surface area contributed by atoms with E-state index in [1.807, 2.05) is 4.90 Å². The van der Waals surface area contributed by atoms with Crippen LogP contribution < -0.4 is 20.1 Å². The molecule has 1 aliphatic heterocycles. The highest BCUT2D eigenvalue weighted by Gasteiger charge is 2.21. The molecular formula is C14H18N5O4S-. The lowest BCUT2D eigenvalue weighted by Gasteiger charge is -2.35. The first-order valence-corrected chi connectivity index (χ1v) is 8.35. The van der Waals surface area contributed by atoms with Crippen molar-refractivity contribution in [3.05, 3.63) is 12.1 Å². The molecule has 0 bridgehead atoms. The van der Waals surface area contributed by atoms with Crippen LogP contribution in [0.5, 0.6) is 11.5 Å². The third-order valence-corrected chi connectivity index (χ3v) is 4.74. The quantitative estimate of drug-likeness (QED) is 0.773. The number of benzene rings is 1. The molecule has 0 amide bonds. The van der Waals surface area contributed by atoms with E-state index in [1.165, 1.54) is 4.31 Å². The molecule has 0 aliphatic carbocycles. The molecule has 1 saturated heterocycles. The molecule has 24 heavy (non-hydrogen) atoms. The van der Waals surface area contributed by atoms with Gasteiger partial charge < -0.3 is 24.7 Å². The van der Waals surface area contributed by atoms with Gasteiger partial charge in [-0.25, -0.2) is 9.29 Å². The number of aromatic nitrogens is 2. The molecule has 9 nitrogen and oxygen atoms in total. The highest BCUT2D eigenvalue weighted by Crippen LogP contribution is 2.34. The molecule has 3 rings (SSSR count). The Morgan fingerprint density at radius 3 is 2.33 bits per heavy atom. The van der Waals surface area contributed by atoms with E-state index in [0.717, 1.165) is 0 Å². The van der Waals surface area contributed by atoms with Gasteiger partial charge in [0.05, 0.1) is 19.7 Å². The Morgan fingerprint density at radius 1 is 1.12 bits per heavy atom. The largest absolute Gasteiger partial charge is 0.760 e. The van der Waals surface area contributed by atoms with Crippen LogP contribution in [-0.2, 0) is 11.3 Å². The van der Waals surface area contributed by atoms with E-state index in [2.05, 4.69) is 9.97 Å². The predicted octanol–water partition coefficient (Wildman–Crippen LogP) is 0.145. The average molecular weight is 352 g/mol. The Hall–Kier alpha value is -2.17. The van der Waals surface area contributed by atoms with Crippen LogP contribution in [0.2, 0.25) is 0 Å². The fourth-order valence-electron chi connectivity index (χ4n) is 2.65. The minimum Gasteiger partial charge on any atom is -0.760 e. The highest BCUT2D eigenvalue weighted by atomic mass is 32.2. The van der Waals surface area contributed by atoms with Crippen molar-refractivity contribution in [1.82, 2.24) is 14.3 Å². The molecule has 2 N–H and O–H groups in total. The molecule has 1 aliphatic rings. The number of ether oxygens (including phenoxy) is 2. The molecule has 1 fully saturated rings. The van der Waals surface area contributed by atoms with Crippen LogP contribution in [0, 0.1) is 0 Å². The van der Waals surface area contributed by atoms with Gasteiger partial charge in [-0.15, -0.1) is 0 Å². The van der Waals surface area contributed by atoms with Gasteiger partial charge in [0.25, 0.3) is 0 Å². The van der Waals surface area contributed by atoms with Crippen molar-refractivity contribution < 1.29 is 18.2 Å². The number of methoxy groups -OCH3 is 2. The van der Waals surface area contributed by atoms with E-state index in [9.17, 15) is 8.76 Å². The fourth-order valence-corrected chi connectivity index (χ4v) is 3.11. The Labute approximate surface area is 141 Å². The number of piperazine rings is 1. The maximum absolute atomic E-state index is 11.0. The molecule has 1 atom stereocenters. The van der Waals surface area contributed by atoms with Crippen LogP contribution in [0.4, 0.5) is 11.8 Å². The zero-order chi connectivity index (χ0) is 17.3. The van der Waals surface area contributed by atoms with Gasteiger partial charge in [0.1, 0.15) is 5.82 Å². The summed E-state index contributed by atoms with van der Waals surface area (Å²) < 4.78 is 33.9. The minimum atomic E-state index is -2.20. The number of fused-ring (bicyclic) bond motifs is 1. The van der Waals surface area contributed by atoms with Gasteiger partial charge in [-0.3, -0.25) is 4.21 Å². The van der Waals surface area contributed by atoms with Crippen LogP contribution in [0.15, 0.2) is 12.1 Å². The van der Waals surface area contributed by atoms with E-state index in [1.54, 1.807) is 26.4 Å². The summed E-state index contributed by atoms with van der Waals surface area (Å²) in [4.78, 5) is 10.8. The normalized spacial score (nSPS) is 17.0. The number of hydrogen-bond acceptors (Lipinski definition) is 8. The summed E-state index contributed by atoms with van der Waals surface area (Å²) in [6, 6.07) is 3.49. The van der Waals surface area contributed by atoms with Crippen molar-refractivity contribution in [1.29, 1.82) is 0 Å². The van der Waals surface area contributed by atoms with Crippen LogP contribution in [0.25, 0.3) is 10.9 Å². The molecule has 1 unspecified atom stereocenters. The maximum atomic E-state index is 11.0. The van der Waals surface area contributed by atoms with Gasteiger partial charge in [0.15, 0.2) is 11.5 Å². The average Bonchev–Trinajstić information content (AvgIpc) is 2.60. The van der Waals surface area contributed by atoms with Gasteiger partial charge in [0, 0.05) is 48.9 Å². The van der Waals surface area contributed by atoms with Crippen molar-refractivity contribution in [2.75, 3.05) is 51.0 Å². The third kappa shape index (κ3) is 3.07. The number of nitrogen functional groups attached to an aromatic ring is 1. The van der Waals surface area contributed by atoms with E-state index in [0.29, 0.717) is 60.3 Å². The zero-order valence-electron chi connectivity index (χ0n) is 13.4. The number of nitrogens with two attached hydrogens (primary N) is 1. The summed E-state index contributed by atoms with van der Waals surface area (Å²) in [5.74, 6) is 1.93. The molecule has 130 valence electrons. The SMILES string of the molecule is COc1cc2nc(N3CCN(S(=O)[O-])CC3)nc(N)c2cc1OC. The van der Waals surface area contributed by atoms with Crippen molar-refractivity contribution >= 4 is 33.9 Å². The molecule has 2 aromatic rings. The molecule has 2 heterocycles. The summed E-state index contributed by atoms with van der Waals surface area (Å²) >= 11 is -2.20. The second-order valence-electron chi connectivity index (χ2n) is 5.27. The summed E-state index contributed by atoms with van der Waals surface area (Å²) in [5, 5.41) is 0.677. The summed E-state index contributed by atoms with van der Waals surface area (Å²) in [6.07, 6.45) is 0. The van der Waals surface area contributed by atoms with Crippen molar-refractivity contribution in [2.45, 2.75) is 0 Å². The zero-order valence-corrected chi connectivity index (χ0v) is 14.2. The van der Waals surface area contributed by atoms with Gasteiger partial charge in [-0.1, -0.05) is 0 Å². The first-order chi connectivity index (χ1) is 11.5. The molecular weight excluding hydrogens is 334 g/mol. The lowest BCUT2D eigenvalue weighted by molar-refractivity contribution is 0.355. The fraction of sp³-hybridized carbons (Fsp3) is 0.429. The van der Waals surface area contributed by atoms with Gasteiger partial charge >= 0.3 is 0 Å². The number of rotatable bonds is 4. The van der Waals surface area contributed by atoms with Crippen LogP contribution in [-0.4, -0.2) is 63.4 Å². The van der Waals surface area contributed by atoms with E-state index in [-0.39, 0.29) is 0 Å². The highest BCUT2D eigenvalue weighted by molar-refractivity contribution is 7.76. The molecule has 10 heteroatoms. The van der Waals surface area contributed by atoms with E-state index >= 15 is 0 Å². The number of anilines is 2. The van der Waals surface area contributed by atoms with Crippen molar-refractivity contribution in [3.8, 4) is 11.5 Å². The van der Waals surface area contributed by atoms with Crippen molar-refractivity contribution in [2.24, 2.45) is 0 Å². The molecule has 0 radical (unpaired) electrons. The molecule has 1 aromatic heterocycles. The maximum Gasteiger partial charge on any atom is 0.227 e. The van der Waals surface area contributed by atoms with E-state index in [4.69, 9.17) is 15.2 Å². The molecule has 0 spiro atoms. The van der Waals surface area contributed by atoms with Crippen LogP contribution in [0.1, 0.15) is 0 Å². The van der Waals surface area contributed by atoms with E-state index < -0.39 is 11.3 Å². The van der Waals surface area contributed by atoms with Gasteiger partial charge in [0.2, 0.25) is 5.95 Å². The Kier molecular flexibility index (Phi) is 4.69. The smallest absolute Gasteiger partial charge is 0.227 e. The Balaban J connectivity index is 1.94. The molecule has 0 saturated carbocycles. The lowest BCUT2D eigenvalue weighted by atomic mass is 10.2. The van der Waals surface area contributed by atoms with Gasteiger partial charge in [-0.05, 0) is 6.07 Å².